The number of ketones is 1. The minimum Gasteiger partial charge on any atom is -0.449 e. The normalized spacial score (nSPS) is 18.7. The topological polar surface area (TPSA) is 215 Å². The van der Waals surface area contributed by atoms with Crippen molar-refractivity contribution in [3.63, 3.8) is 0 Å². The molecule has 1 aliphatic heterocycles. The van der Waals surface area contributed by atoms with Gasteiger partial charge in [-0.25, -0.2) is 4.79 Å². The lowest BCUT2D eigenvalue weighted by atomic mass is 9.83. The molecule has 1 aromatic rings. The number of nitrogens with one attached hydrogen (secondary N) is 4. The number of nitrogens with zero attached hydrogens (tertiary/aromatic N) is 1. The van der Waals surface area contributed by atoms with Crippen LogP contribution in [0.15, 0.2) is 18.2 Å². The van der Waals surface area contributed by atoms with Gasteiger partial charge in [0.25, 0.3) is 5.91 Å². The quantitative estimate of drug-likeness (QED) is 0.113. The molecule has 5 atom stereocenters. The average Bonchev–Trinajstić information content (AvgIpc) is 3.61. The summed E-state index contributed by atoms with van der Waals surface area (Å²) in [6, 6.07) is 0.771. The molecule has 6 amide bonds. The van der Waals surface area contributed by atoms with Gasteiger partial charge in [-0.15, -0.1) is 0 Å². The maximum absolute atomic E-state index is 14.5. The molecular weight excluding hydrogens is 767 g/mol. The van der Waals surface area contributed by atoms with E-state index in [0.29, 0.717) is 42.1 Å². The van der Waals surface area contributed by atoms with E-state index < -0.39 is 78.2 Å². The van der Waals surface area contributed by atoms with Crippen molar-refractivity contribution >= 4 is 64.6 Å². The highest BCUT2D eigenvalue weighted by atomic mass is 35.5. The zero-order chi connectivity index (χ0) is 41.4. The van der Waals surface area contributed by atoms with E-state index in [1.54, 1.807) is 25.1 Å². The van der Waals surface area contributed by atoms with Crippen molar-refractivity contribution in [2.24, 2.45) is 17.6 Å². The Balaban J connectivity index is 1.80. The van der Waals surface area contributed by atoms with Gasteiger partial charge in [0.1, 0.15) is 18.1 Å². The molecule has 0 radical (unpaired) electrons. The van der Waals surface area contributed by atoms with Crippen LogP contribution in [0.3, 0.4) is 0 Å². The molecule has 3 rings (SSSR count). The molecular formula is C39H58Cl2N6O9. The fourth-order valence-corrected chi connectivity index (χ4v) is 7.18. The number of unbranched alkanes of at least 4 members (excludes halogenated alkanes) is 1. The summed E-state index contributed by atoms with van der Waals surface area (Å²) in [4.78, 5) is 93.5. The molecule has 0 aromatic heterocycles. The number of halogens is 2. The number of benzene rings is 1. The van der Waals surface area contributed by atoms with Crippen molar-refractivity contribution in [3.05, 3.63) is 33.8 Å². The number of hydrogen-bond donors (Lipinski definition) is 5. The fraction of sp³-hybridized carbons (Fsp3) is 0.667. The first-order valence-corrected chi connectivity index (χ1v) is 20.4. The second-order valence-corrected chi connectivity index (χ2v) is 15.8. The third kappa shape index (κ3) is 14.5. The molecule has 0 bridgehead atoms. The van der Waals surface area contributed by atoms with E-state index in [2.05, 4.69) is 21.3 Å². The number of ether oxygens (including phenoxy) is 2. The van der Waals surface area contributed by atoms with Gasteiger partial charge < -0.3 is 41.4 Å². The van der Waals surface area contributed by atoms with E-state index in [1.165, 1.54) is 4.90 Å². The lowest BCUT2D eigenvalue weighted by Gasteiger charge is -2.34. The minimum absolute atomic E-state index is 0.0106. The third-order valence-electron chi connectivity index (χ3n) is 9.90. The van der Waals surface area contributed by atoms with E-state index in [1.807, 2.05) is 20.8 Å². The summed E-state index contributed by atoms with van der Waals surface area (Å²) in [6.07, 6.45) is 5.15. The first-order chi connectivity index (χ1) is 26.6. The molecule has 2 fully saturated rings. The molecule has 15 nitrogen and oxygen atoms in total. The van der Waals surface area contributed by atoms with Gasteiger partial charge in [0.2, 0.25) is 29.4 Å². The minimum atomic E-state index is -1.27. The average molecular weight is 826 g/mol. The highest BCUT2D eigenvalue weighted by Crippen LogP contribution is 2.31. The van der Waals surface area contributed by atoms with Crippen molar-refractivity contribution in [2.45, 2.75) is 135 Å². The Morgan fingerprint density at radius 3 is 2.25 bits per heavy atom. The number of alkyl carbamates (subject to hydrolysis) is 1. The Morgan fingerprint density at radius 2 is 1.62 bits per heavy atom. The molecule has 17 heteroatoms. The summed E-state index contributed by atoms with van der Waals surface area (Å²) >= 11 is 12.3. The van der Waals surface area contributed by atoms with Gasteiger partial charge in [0.05, 0.1) is 41.9 Å². The monoisotopic (exact) mass is 824 g/mol. The molecule has 312 valence electrons. The summed E-state index contributed by atoms with van der Waals surface area (Å²) in [7, 11) is 0. The van der Waals surface area contributed by atoms with E-state index in [-0.39, 0.29) is 44.4 Å². The Kier molecular flexibility index (Phi) is 19.3. The standard InChI is InChI=1S/C39H58Cl2N6O9/c1-5-7-14-30(35(42)50)44-32(48)19-43-37(52)34(49)29(11-6-2)45-36(51)31-18-26(55-22-24-15-16-27(40)28(41)17-24)20-47(31)38(53)33(25-12-9-8-10-13-25)46-39(54)56-21-23(3)4/h15-17,23,25-26,29-31,33H,5-14,18-22H2,1-4H3,(H2,42,50)(H,43,52)(H,44,48)(H,45,51)(H,46,54)/t26-,29?,30?,31+,33?/m1/s1. The van der Waals surface area contributed by atoms with Crippen LogP contribution >= 0.6 is 23.2 Å². The van der Waals surface area contributed by atoms with Crippen LogP contribution in [0.5, 0.6) is 0 Å². The second-order valence-electron chi connectivity index (χ2n) is 15.0. The first-order valence-electron chi connectivity index (χ1n) is 19.6. The van der Waals surface area contributed by atoms with E-state index in [0.717, 1.165) is 31.2 Å². The van der Waals surface area contributed by atoms with Gasteiger partial charge in [-0.2, -0.15) is 0 Å². The number of primary amides is 1. The van der Waals surface area contributed by atoms with Gasteiger partial charge in [0.15, 0.2) is 0 Å². The zero-order valence-corrected chi connectivity index (χ0v) is 34.3. The van der Waals surface area contributed by atoms with Crippen molar-refractivity contribution in [1.82, 2.24) is 26.2 Å². The molecule has 1 aliphatic carbocycles. The summed E-state index contributed by atoms with van der Waals surface area (Å²) in [6.45, 7) is 7.18. The van der Waals surface area contributed by atoms with E-state index in [4.69, 9.17) is 38.4 Å². The predicted molar refractivity (Wildman–Crippen MR) is 210 cm³/mol. The molecule has 1 aromatic carbocycles. The molecule has 1 saturated heterocycles. The number of hydrogen-bond acceptors (Lipinski definition) is 9. The van der Waals surface area contributed by atoms with Crippen LogP contribution in [0.2, 0.25) is 10.0 Å². The van der Waals surface area contributed by atoms with Crippen LogP contribution in [0.25, 0.3) is 0 Å². The maximum atomic E-state index is 14.5. The van der Waals surface area contributed by atoms with E-state index in [9.17, 15) is 33.6 Å². The van der Waals surface area contributed by atoms with Crippen molar-refractivity contribution in [3.8, 4) is 0 Å². The summed E-state index contributed by atoms with van der Waals surface area (Å²) < 4.78 is 11.6. The second kappa shape index (κ2) is 23.3. The fourth-order valence-electron chi connectivity index (χ4n) is 6.86. The largest absolute Gasteiger partial charge is 0.449 e. The number of likely N-dealkylation sites (tertiary alicyclic amines) is 1. The van der Waals surface area contributed by atoms with Crippen LogP contribution in [0.4, 0.5) is 4.79 Å². The molecule has 1 saturated carbocycles. The highest BCUT2D eigenvalue weighted by Gasteiger charge is 2.45. The summed E-state index contributed by atoms with van der Waals surface area (Å²) in [5.41, 5.74) is 6.11. The maximum Gasteiger partial charge on any atom is 0.407 e. The number of carbonyl (C=O) groups excluding carboxylic acids is 7. The van der Waals surface area contributed by atoms with Crippen molar-refractivity contribution < 1.29 is 43.0 Å². The van der Waals surface area contributed by atoms with Crippen LogP contribution in [-0.4, -0.2) is 96.3 Å². The van der Waals surface area contributed by atoms with Crippen molar-refractivity contribution in [1.29, 1.82) is 0 Å². The van der Waals surface area contributed by atoms with Crippen LogP contribution in [-0.2, 0) is 44.8 Å². The first kappa shape index (κ1) is 46.4. The predicted octanol–water partition coefficient (Wildman–Crippen LogP) is 3.94. The van der Waals surface area contributed by atoms with E-state index >= 15 is 0 Å². The number of nitrogens with two attached hydrogens (primary N) is 1. The van der Waals surface area contributed by atoms with Gasteiger partial charge in [-0.3, -0.25) is 28.8 Å². The molecule has 56 heavy (non-hydrogen) atoms. The lowest BCUT2D eigenvalue weighted by Crippen LogP contribution is -2.58. The van der Waals surface area contributed by atoms with Crippen LogP contribution < -0.4 is 27.0 Å². The molecule has 1 heterocycles. The van der Waals surface area contributed by atoms with Crippen LogP contribution in [0.1, 0.15) is 104 Å². The Labute approximate surface area is 339 Å². The highest BCUT2D eigenvalue weighted by molar-refractivity contribution is 6.42. The van der Waals surface area contributed by atoms with Crippen LogP contribution in [0, 0.1) is 11.8 Å². The number of rotatable bonds is 21. The SMILES string of the molecule is CCCCC(NC(=O)CNC(=O)C(=O)C(CCC)NC(=O)[C@@H]1C[C@@H](OCc2ccc(Cl)c(Cl)c2)CN1C(=O)C(NC(=O)OCC(C)C)C1CCCCC1)C(N)=O. The summed E-state index contributed by atoms with van der Waals surface area (Å²) in [5.74, 6) is -4.78. The summed E-state index contributed by atoms with van der Waals surface area (Å²) in [5, 5.41) is 10.9. The van der Waals surface area contributed by atoms with Gasteiger partial charge >= 0.3 is 6.09 Å². The molecule has 2 aliphatic rings. The zero-order valence-electron chi connectivity index (χ0n) is 32.8. The number of Topliss-reactive ketones (excluding diaryl/α,β-unsaturated/α-hetero) is 1. The molecule has 3 unspecified atom stereocenters. The lowest BCUT2D eigenvalue weighted by molar-refractivity contribution is -0.143. The van der Waals surface area contributed by atoms with Crippen molar-refractivity contribution in [2.75, 3.05) is 19.7 Å². The number of carbonyl (C=O) groups is 7. The van der Waals surface area contributed by atoms with Gasteiger partial charge in [-0.1, -0.05) is 95.5 Å². The Hall–Kier alpha value is -3.95. The molecule has 6 N–H and O–H groups in total. The van der Waals surface area contributed by atoms with Gasteiger partial charge in [-0.05, 0) is 55.2 Å². The Bertz CT molecular complexity index is 1540. The van der Waals surface area contributed by atoms with Gasteiger partial charge in [0, 0.05) is 13.0 Å². The smallest absolute Gasteiger partial charge is 0.407 e. The third-order valence-corrected chi connectivity index (χ3v) is 10.6. The number of amides is 6. The molecule has 0 spiro atoms. The Morgan fingerprint density at radius 1 is 0.911 bits per heavy atom.